The normalized spacial score (nSPS) is 21.5. The van der Waals surface area contributed by atoms with Crippen LogP contribution in [0.4, 0.5) is 17.5 Å². The summed E-state index contributed by atoms with van der Waals surface area (Å²) in [7, 11) is 0. The van der Waals surface area contributed by atoms with Crippen LogP contribution in [0.3, 0.4) is 0 Å². The number of carbonyl (C=O) groups is 1. The van der Waals surface area contributed by atoms with Crippen molar-refractivity contribution in [1.29, 1.82) is 0 Å². The number of rotatable bonds is 5. The van der Waals surface area contributed by atoms with Crippen LogP contribution >= 0.6 is 11.6 Å². The van der Waals surface area contributed by atoms with Crippen molar-refractivity contribution >= 4 is 35.0 Å². The average molecular weight is 486 g/mol. The van der Waals surface area contributed by atoms with Gasteiger partial charge in [0.05, 0.1) is 24.1 Å². The molecule has 3 fully saturated rings. The highest BCUT2D eigenvalue weighted by Gasteiger charge is 2.38. The van der Waals surface area contributed by atoms with Crippen molar-refractivity contribution in [2.24, 2.45) is 5.41 Å². The zero-order valence-corrected chi connectivity index (χ0v) is 20.9. The molecular formula is C25H36ClN7O. The number of aromatic nitrogens is 4. The van der Waals surface area contributed by atoms with Crippen molar-refractivity contribution in [2.45, 2.75) is 89.6 Å². The van der Waals surface area contributed by atoms with Crippen LogP contribution in [0.25, 0.3) is 0 Å². The van der Waals surface area contributed by atoms with Crippen molar-refractivity contribution in [3.63, 3.8) is 0 Å². The Morgan fingerprint density at radius 2 is 1.79 bits per heavy atom. The standard InChI is InChI=1S/C25H36ClN7O/c1-18(34)32-13-11-25(12-14-32)9-7-19(8-10-25)29-23-22(26)16-27-24(31-23)30-20-15-28-33(17-20)21-5-3-2-4-6-21/h15-17,19,21H,2-14H2,1H3,(H2,27,29,30,31). The van der Waals surface area contributed by atoms with Gasteiger partial charge in [-0.3, -0.25) is 9.48 Å². The third-order valence-electron chi connectivity index (χ3n) is 8.21. The predicted molar refractivity (Wildman–Crippen MR) is 134 cm³/mol. The smallest absolute Gasteiger partial charge is 0.229 e. The van der Waals surface area contributed by atoms with Crippen molar-refractivity contribution in [3.8, 4) is 0 Å². The molecule has 0 radical (unpaired) electrons. The molecule has 9 heteroatoms. The summed E-state index contributed by atoms with van der Waals surface area (Å²) in [4.78, 5) is 22.7. The molecule has 2 N–H and O–H groups in total. The molecule has 3 aliphatic rings. The molecule has 2 saturated carbocycles. The Labute approximate surface area is 206 Å². The Kier molecular flexibility index (Phi) is 6.95. The molecule has 5 rings (SSSR count). The summed E-state index contributed by atoms with van der Waals surface area (Å²) >= 11 is 6.44. The van der Waals surface area contributed by atoms with E-state index in [2.05, 4.69) is 36.6 Å². The monoisotopic (exact) mass is 485 g/mol. The predicted octanol–water partition coefficient (Wildman–Crippen LogP) is 5.56. The largest absolute Gasteiger partial charge is 0.366 e. The lowest BCUT2D eigenvalue weighted by Gasteiger charge is -2.46. The lowest BCUT2D eigenvalue weighted by molar-refractivity contribution is -0.131. The van der Waals surface area contributed by atoms with Gasteiger partial charge in [0.15, 0.2) is 5.82 Å². The fourth-order valence-corrected chi connectivity index (χ4v) is 6.11. The number of carbonyl (C=O) groups excluding carboxylic acids is 1. The van der Waals surface area contributed by atoms with Crippen LogP contribution in [0.1, 0.15) is 83.6 Å². The third-order valence-corrected chi connectivity index (χ3v) is 8.48. The highest BCUT2D eigenvalue weighted by Crippen LogP contribution is 2.45. The molecule has 1 saturated heterocycles. The van der Waals surface area contributed by atoms with E-state index in [0.717, 1.165) is 44.5 Å². The van der Waals surface area contributed by atoms with Crippen LogP contribution in [0, 0.1) is 5.41 Å². The van der Waals surface area contributed by atoms with Crippen LogP contribution in [-0.4, -0.2) is 49.7 Å². The fourth-order valence-electron chi connectivity index (χ4n) is 5.97. The molecule has 0 unspecified atom stereocenters. The van der Waals surface area contributed by atoms with Gasteiger partial charge in [0.1, 0.15) is 5.02 Å². The van der Waals surface area contributed by atoms with Gasteiger partial charge in [-0.05, 0) is 56.8 Å². The van der Waals surface area contributed by atoms with E-state index in [1.807, 2.05) is 11.1 Å². The van der Waals surface area contributed by atoms with Crippen LogP contribution in [-0.2, 0) is 4.79 Å². The van der Waals surface area contributed by atoms with Gasteiger partial charge in [-0.15, -0.1) is 0 Å². The molecular weight excluding hydrogens is 450 g/mol. The maximum Gasteiger partial charge on any atom is 0.229 e. The molecule has 1 amide bonds. The highest BCUT2D eigenvalue weighted by molar-refractivity contribution is 6.32. The second-order valence-electron chi connectivity index (χ2n) is 10.4. The number of anilines is 3. The molecule has 2 aliphatic carbocycles. The second-order valence-corrected chi connectivity index (χ2v) is 10.8. The van der Waals surface area contributed by atoms with E-state index in [9.17, 15) is 4.79 Å². The Morgan fingerprint density at radius 3 is 2.50 bits per heavy atom. The number of hydrogen-bond acceptors (Lipinski definition) is 6. The number of likely N-dealkylation sites (tertiary alicyclic amines) is 1. The van der Waals surface area contributed by atoms with Gasteiger partial charge in [0.25, 0.3) is 0 Å². The number of halogens is 1. The number of nitrogens with one attached hydrogen (secondary N) is 2. The number of amides is 1. The lowest BCUT2D eigenvalue weighted by Crippen LogP contribution is -2.45. The zero-order valence-electron chi connectivity index (χ0n) is 20.1. The summed E-state index contributed by atoms with van der Waals surface area (Å²) in [5.74, 6) is 1.42. The van der Waals surface area contributed by atoms with Crippen LogP contribution in [0.5, 0.6) is 0 Å². The van der Waals surface area contributed by atoms with Gasteiger partial charge in [-0.2, -0.15) is 10.1 Å². The molecule has 3 heterocycles. The van der Waals surface area contributed by atoms with Gasteiger partial charge in [0.2, 0.25) is 11.9 Å². The van der Waals surface area contributed by atoms with Crippen molar-refractivity contribution in [2.75, 3.05) is 23.7 Å². The molecule has 1 spiro atoms. The SMILES string of the molecule is CC(=O)N1CCC2(CCC(Nc3nc(Nc4cnn(C5CCCCC5)c4)ncc3Cl)CC2)CC1. The first-order valence-corrected chi connectivity index (χ1v) is 13.2. The first-order valence-electron chi connectivity index (χ1n) is 12.9. The molecule has 8 nitrogen and oxygen atoms in total. The van der Waals surface area contributed by atoms with Gasteiger partial charge in [-0.1, -0.05) is 30.9 Å². The van der Waals surface area contributed by atoms with Gasteiger partial charge < -0.3 is 15.5 Å². The van der Waals surface area contributed by atoms with Crippen LogP contribution in [0.2, 0.25) is 5.02 Å². The minimum absolute atomic E-state index is 0.203. The maximum atomic E-state index is 11.7. The first-order chi connectivity index (χ1) is 16.5. The Balaban J connectivity index is 1.17. The summed E-state index contributed by atoms with van der Waals surface area (Å²) in [6.45, 7) is 3.48. The molecule has 2 aromatic heterocycles. The Hall–Kier alpha value is -2.35. The molecule has 0 bridgehead atoms. The number of hydrogen-bond donors (Lipinski definition) is 2. The minimum Gasteiger partial charge on any atom is -0.366 e. The summed E-state index contributed by atoms with van der Waals surface area (Å²) in [5, 5.41) is 12.0. The number of nitrogens with zero attached hydrogens (tertiary/aromatic N) is 5. The van der Waals surface area contributed by atoms with Gasteiger partial charge >= 0.3 is 0 Å². The maximum absolute atomic E-state index is 11.7. The summed E-state index contributed by atoms with van der Waals surface area (Å²) in [6, 6.07) is 0.850. The van der Waals surface area contributed by atoms with Crippen LogP contribution < -0.4 is 10.6 Å². The molecule has 184 valence electrons. The first kappa shape index (κ1) is 23.4. The lowest BCUT2D eigenvalue weighted by atomic mass is 9.67. The Morgan fingerprint density at radius 1 is 1.06 bits per heavy atom. The van der Waals surface area contributed by atoms with Crippen molar-refractivity contribution in [3.05, 3.63) is 23.6 Å². The van der Waals surface area contributed by atoms with E-state index in [-0.39, 0.29) is 5.91 Å². The van der Waals surface area contributed by atoms with Gasteiger partial charge in [-0.25, -0.2) is 4.98 Å². The fraction of sp³-hybridized carbons (Fsp3) is 0.680. The van der Waals surface area contributed by atoms with E-state index in [1.165, 1.54) is 44.9 Å². The van der Waals surface area contributed by atoms with E-state index in [0.29, 0.717) is 34.3 Å². The minimum atomic E-state index is 0.203. The summed E-state index contributed by atoms with van der Waals surface area (Å²) in [6.07, 6.45) is 18.6. The van der Waals surface area contributed by atoms with E-state index in [1.54, 1.807) is 13.1 Å². The van der Waals surface area contributed by atoms with E-state index in [4.69, 9.17) is 11.6 Å². The topological polar surface area (TPSA) is 88.0 Å². The van der Waals surface area contributed by atoms with Crippen molar-refractivity contribution < 1.29 is 4.79 Å². The number of piperidine rings is 1. The molecule has 0 aromatic carbocycles. The molecule has 0 atom stereocenters. The molecule has 1 aliphatic heterocycles. The summed E-state index contributed by atoms with van der Waals surface area (Å²) in [5.41, 5.74) is 1.29. The van der Waals surface area contributed by atoms with Gasteiger partial charge in [0, 0.05) is 32.3 Å². The average Bonchev–Trinajstić information content (AvgIpc) is 3.32. The Bertz CT molecular complexity index is 985. The molecule has 34 heavy (non-hydrogen) atoms. The third kappa shape index (κ3) is 5.32. The molecule has 2 aromatic rings. The second kappa shape index (κ2) is 10.1. The van der Waals surface area contributed by atoms with E-state index >= 15 is 0 Å². The van der Waals surface area contributed by atoms with Crippen molar-refractivity contribution in [1.82, 2.24) is 24.6 Å². The summed E-state index contributed by atoms with van der Waals surface area (Å²) < 4.78 is 2.08. The highest BCUT2D eigenvalue weighted by atomic mass is 35.5. The van der Waals surface area contributed by atoms with Crippen LogP contribution in [0.15, 0.2) is 18.6 Å². The van der Waals surface area contributed by atoms with E-state index < -0.39 is 0 Å². The zero-order chi connectivity index (χ0) is 23.5. The quantitative estimate of drug-likeness (QED) is 0.576.